The van der Waals surface area contributed by atoms with Gasteiger partial charge in [0.2, 0.25) is 5.91 Å². The maximum Gasteiger partial charge on any atom is 0.315 e. The first kappa shape index (κ1) is 20.9. The maximum absolute atomic E-state index is 12.2. The molecule has 1 saturated heterocycles. The van der Waals surface area contributed by atoms with Gasteiger partial charge in [0, 0.05) is 19.7 Å². The molecule has 26 heavy (non-hydrogen) atoms. The Kier molecular flexibility index (Phi) is 9.14. The molecule has 0 bridgehead atoms. The lowest BCUT2D eigenvalue weighted by Crippen LogP contribution is -2.55. The van der Waals surface area contributed by atoms with E-state index in [0.29, 0.717) is 26.0 Å². The standard InChI is InChI=1S/C18H33N3O5/c1-25-10-9-19-17(23)11-14-7-8-15(16(12-22)26-14)21-18(24)20-13-5-3-2-4-6-13/h13-16,22H,2-12H2,1H3,(H,19,23)(H2,20,21,24)/t14-,15-,16+/m0/s1. The molecule has 1 heterocycles. The van der Waals surface area contributed by atoms with Crippen molar-refractivity contribution in [1.29, 1.82) is 0 Å². The van der Waals surface area contributed by atoms with Gasteiger partial charge in [-0.3, -0.25) is 4.79 Å². The Morgan fingerprint density at radius 1 is 1.12 bits per heavy atom. The zero-order valence-electron chi connectivity index (χ0n) is 15.7. The number of carbonyl (C=O) groups excluding carboxylic acids is 2. The van der Waals surface area contributed by atoms with Crippen LogP contribution in [0.15, 0.2) is 0 Å². The molecule has 0 aromatic rings. The molecule has 1 saturated carbocycles. The molecule has 0 aromatic heterocycles. The van der Waals surface area contributed by atoms with E-state index in [-0.39, 0.29) is 43.2 Å². The second kappa shape index (κ2) is 11.4. The Hall–Kier alpha value is -1.38. The van der Waals surface area contributed by atoms with Gasteiger partial charge in [0.1, 0.15) is 6.10 Å². The maximum atomic E-state index is 12.2. The number of hydrogen-bond acceptors (Lipinski definition) is 5. The van der Waals surface area contributed by atoms with Crippen molar-refractivity contribution in [2.75, 3.05) is 26.9 Å². The largest absolute Gasteiger partial charge is 0.394 e. The van der Waals surface area contributed by atoms with Crippen molar-refractivity contribution in [3.8, 4) is 0 Å². The fourth-order valence-electron chi connectivity index (χ4n) is 3.66. The molecule has 0 aromatic carbocycles. The molecule has 8 nitrogen and oxygen atoms in total. The van der Waals surface area contributed by atoms with Crippen LogP contribution >= 0.6 is 0 Å². The molecule has 3 atom stereocenters. The lowest BCUT2D eigenvalue weighted by Gasteiger charge is -2.36. The Labute approximate surface area is 155 Å². The molecule has 0 spiro atoms. The lowest BCUT2D eigenvalue weighted by atomic mass is 9.95. The second-order valence-corrected chi connectivity index (χ2v) is 7.16. The summed E-state index contributed by atoms with van der Waals surface area (Å²) in [5, 5.41) is 18.3. The fourth-order valence-corrected chi connectivity index (χ4v) is 3.66. The van der Waals surface area contributed by atoms with Crippen LogP contribution in [0.1, 0.15) is 51.4 Å². The summed E-state index contributed by atoms with van der Waals surface area (Å²) in [5.74, 6) is -0.0924. The zero-order chi connectivity index (χ0) is 18.8. The summed E-state index contributed by atoms with van der Waals surface area (Å²) in [4.78, 5) is 24.1. The van der Waals surface area contributed by atoms with Crippen molar-refractivity contribution in [1.82, 2.24) is 16.0 Å². The Balaban J connectivity index is 1.72. The fraction of sp³-hybridized carbons (Fsp3) is 0.889. The molecular weight excluding hydrogens is 338 g/mol. The topological polar surface area (TPSA) is 109 Å². The van der Waals surface area contributed by atoms with Gasteiger partial charge in [-0.1, -0.05) is 19.3 Å². The van der Waals surface area contributed by atoms with Gasteiger partial charge in [-0.15, -0.1) is 0 Å². The van der Waals surface area contributed by atoms with E-state index in [9.17, 15) is 14.7 Å². The smallest absolute Gasteiger partial charge is 0.315 e. The van der Waals surface area contributed by atoms with E-state index in [1.54, 1.807) is 7.11 Å². The highest BCUT2D eigenvalue weighted by Crippen LogP contribution is 2.22. The summed E-state index contributed by atoms with van der Waals surface area (Å²) in [7, 11) is 1.58. The van der Waals surface area contributed by atoms with Gasteiger partial charge in [-0.2, -0.15) is 0 Å². The van der Waals surface area contributed by atoms with E-state index < -0.39 is 6.10 Å². The van der Waals surface area contributed by atoms with Crippen LogP contribution in [0, 0.1) is 0 Å². The molecule has 0 unspecified atom stereocenters. The van der Waals surface area contributed by atoms with Crippen molar-refractivity contribution >= 4 is 11.9 Å². The predicted octanol–water partition coefficient (Wildman–Crippen LogP) is 0.680. The first-order valence-corrected chi connectivity index (χ1v) is 9.71. The highest BCUT2D eigenvalue weighted by atomic mass is 16.5. The van der Waals surface area contributed by atoms with E-state index in [4.69, 9.17) is 9.47 Å². The number of rotatable bonds is 8. The molecule has 1 aliphatic carbocycles. The Morgan fingerprint density at radius 3 is 2.58 bits per heavy atom. The SMILES string of the molecule is COCCNC(=O)C[C@@H]1CC[C@H](NC(=O)NC2CCCCC2)[C@@H](CO)O1. The van der Waals surface area contributed by atoms with Gasteiger partial charge in [0.25, 0.3) is 0 Å². The number of ether oxygens (including phenoxy) is 2. The Bertz CT molecular complexity index is 443. The minimum absolute atomic E-state index is 0.0924. The lowest BCUT2D eigenvalue weighted by molar-refractivity contribution is -0.130. The molecule has 1 aliphatic heterocycles. The van der Waals surface area contributed by atoms with E-state index in [1.165, 1.54) is 6.42 Å². The Morgan fingerprint density at radius 2 is 1.88 bits per heavy atom. The van der Waals surface area contributed by atoms with E-state index in [0.717, 1.165) is 25.7 Å². The third-order valence-corrected chi connectivity index (χ3v) is 5.09. The highest BCUT2D eigenvalue weighted by Gasteiger charge is 2.33. The number of methoxy groups -OCH3 is 1. The average molecular weight is 371 g/mol. The normalized spacial score (nSPS) is 26.9. The number of amides is 3. The van der Waals surface area contributed by atoms with Gasteiger partial charge in [-0.25, -0.2) is 4.79 Å². The quantitative estimate of drug-likeness (QED) is 0.469. The van der Waals surface area contributed by atoms with Crippen LogP contribution < -0.4 is 16.0 Å². The highest BCUT2D eigenvalue weighted by molar-refractivity contribution is 5.76. The van der Waals surface area contributed by atoms with Gasteiger partial charge >= 0.3 is 6.03 Å². The zero-order valence-corrected chi connectivity index (χ0v) is 15.7. The van der Waals surface area contributed by atoms with E-state index >= 15 is 0 Å². The summed E-state index contributed by atoms with van der Waals surface area (Å²) in [6.45, 7) is 0.756. The predicted molar refractivity (Wildman–Crippen MR) is 96.8 cm³/mol. The third kappa shape index (κ3) is 7.09. The monoisotopic (exact) mass is 371 g/mol. The number of aliphatic hydroxyl groups is 1. The minimum Gasteiger partial charge on any atom is -0.394 e. The van der Waals surface area contributed by atoms with Crippen LogP contribution in [0.25, 0.3) is 0 Å². The second-order valence-electron chi connectivity index (χ2n) is 7.16. The minimum atomic E-state index is -0.488. The molecule has 8 heteroatoms. The van der Waals surface area contributed by atoms with Gasteiger partial charge in [0.15, 0.2) is 0 Å². The molecule has 0 radical (unpaired) electrons. The summed E-state index contributed by atoms with van der Waals surface area (Å²) in [5.41, 5.74) is 0. The number of nitrogens with one attached hydrogen (secondary N) is 3. The van der Waals surface area contributed by atoms with Gasteiger partial charge < -0.3 is 30.5 Å². The summed E-state index contributed by atoms with van der Waals surface area (Å²) in [6, 6.07) is -0.194. The van der Waals surface area contributed by atoms with Crippen LogP contribution in [0.4, 0.5) is 4.79 Å². The molecule has 150 valence electrons. The van der Waals surface area contributed by atoms with E-state index in [2.05, 4.69) is 16.0 Å². The van der Waals surface area contributed by atoms with Crippen LogP contribution in [0.3, 0.4) is 0 Å². The first-order valence-electron chi connectivity index (χ1n) is 9.71. The van der Waals surface area contributed by atoms with Crippen LogP contribution in [0.2, 0.25) is 0 Å². The molecule has 2 fully saturated rings. The van der Waals surface area contributed by atoms with Crippen LogP contribution in [0.5, 0.6) is 0 Å². The summed E-state index contributed by atoms with van der Waals surface area (Å²) >= 11 is 0. The van der Waals surface area contributed by atoms with Crippen LogP contribution in [-0.2, 0) is 14.3 Å². The van der Waals surface area contributed by atoms with Crippen molar-refractivity contribution < 1.29 is 24.2 Å². The van der Waals surface area contributed by atoms with Crippen molar-refractivity contribution in [3.05, 3.63) is 0 Å². The first-order chi connectivity index (χ1) is 12.6. The number of urea groups is 1. The summed E-state index contributed by atoms with van der Waals surface area (Å²) in [6.07, 6.45) is 6.48. The molecule has 3 amide bonds. The number of carbonyl (C=O) groups is 2. The average Bonchev–Trinajstić information content (AvgIpc) is 2.64. The molecule has 2 aliphatic rings. The number of hydrogen-bond donors (Lipinski definition) is 4. The summed E-state index contributed by atoms with van der Waals surface area (Å²) < 4.78 is 10.7. The van der Waals surface area contributed by atoms with Gasteiger partial charge in [0.05, 0.1) is 31.8 Å². The van der Waals surface area contributed by atoms with E-state index in [1.807, 2.05) is 0 Å². The van der Waals surface area contributed by atoms with Gasteiger partial charge in [-0.05, 0) is 25.7 Å². The van der Waals surface area contributed by atoms with Crippen molar-refractivity contribution in [3.63, 3.8) is 0 Å². The van der Waals surface area contributed by atoms with Crippen molar-refractivity contribution in [2.45, 2.75) is 75.7 Å². The molecule has 4 N–H and O–H groups in total. The van der Waals surface area contributed by atoms with Crippen molar-refractivity contribution in [2.24, 2.45) is 0 Å². The molecule has 2 rings (SSSR count). The third-order valence-electron chi connectivity index (χ3n) is 5.09. The number of aliphatic hydroxyl groups excluding tert-OH is 1. The molecular formula is C18H33N3O5. The van der Waals surface area contributed by atoms with Crippen LogP contribution in [-0.4, -0.2) is 68.2 Å².